The Balaban J connectivity index is 1.20. The molecule has 0 bridgehead atoms. The van der Waals surface area contributed by atoms with Crippen LogP contribution in [0.25, 0.3) is 0 Å². The lowest BCUT2D eigenvalue weighted by Gasteiger charge is -2.41. The second-order valence-electron chi connectivity index (χ2n) is 9.97. The molecule has 3 aliphatic rings. The van der Waals surface area contributed by atoms with Gasteiger partial charge in [-0.2, -0.15) is 0 Å². The molecule has 1 unspecified atom stereocenters. The quantitative estimate of drug-likeness (QED) is 0.530. The number of piperazine rings is 1. The number of hydrogen-bond donors (Lipinski definition) is 0. The summed E-state index contributed by atoms with van der Waals surface area (Å²) in [5.41, 5.74) is 1.13. The summed E-state index contributed by atoms with van der Waals surface area (Å²) in [5.74, 6) is 0.551. The van der Waals surface area contributed by atoms with E-state index in [2.05, 4.69) is 15.9 Å². The van der Waals surface area contributed by atoms with Crippen molar-refractivity contribution in [2.24, 2.45) is 5.92 Å². The number of carbonyl (C=O) groups excluding carboxylic acids is 2. The van der Waals surface area contributed by atoms with E-state index in [4.69, 9.17) is 11.6 Å². The van der Waals surface area contributed by atoms with Crippen molar-refractivity contribution in [1.29, 1.82) is 0 Å². The molecule has 0 N–H and O–H groups in total. The van der Waals surface area contributed by atoms with Gasteiger partial charge in [0.25, 0.3) is 0 Å². The van der Waals surface area contributed by atoms with E-state index in [-0.39, 0.29) is 6.03 Å². The van der Waals surface area contributed by atoms with Gasteiger partial charge in [0.05, 0.1) is 0 Å². The Kier molecular flexibility index (Phi) is 8.76. The van der Waals surface area contributed by atoms with E-state index in [1.807, 2.05) is 28.0 Å². The van der Waals surface area contributed by atoms with Crippen LogP contribution in [0.1, 0.15) is 57.8 Å². The van der Waals surface area contributed by atoms with Gasteiger partial charge in [0.1, 0.15) is 0 Å². The van der Waals surface area contributed by atoms with Gasteiger partial charge in [-0.1, -0.05) is 36.9 Å². The number of benzene rings is 1. The number of nitrogens with zero attached hydrogens (tertiary/aromatic N) is 4. The fourth-order valence-corrected chi connectivity index (χ4v) is 5.98. The van der Waals surface area contributed by atoms with Crippen LogP contribution in [0.15, 0.2) is 24.3 Å². The predicted octanol–water partition coefficient (Wildman–Crippen LogP) is 4.87. The summed E-state index contributed by atoms with van der Waals surface area (Å²) in [5, 5.41) is 0.750. The minimum atomic E-state index is 0.196. The van der Waals surface area contributed by atoms with E-state index in [1.165, 1.54) is 25.7 Å². The smallest absolute Gasteiger partial charge is 0.320 e. The summed E-state index contributed by atoms with van der Waals surface area (Å²) in [7, 11) is 0. The van der Waals surface area contributed by atoms with Crippen molar-refractivity contribution in [1.82, 2.24) is 14.7 Å². The van der Waals surface area contributed by atoms with Crippen LogP contribution >= 0.6 is 11.6 Å². The Bertz CT molecular complexity index is 777. The fraction of sp³-hybridized carbons (Fsp3) is 0.692. The number of amides is 3. The van der Waals surface area contributed by atoms with Crippen molar-refractivity contribution >= 4 is 29.7 Å². The third kappa shape index (κ3) is 6.56. The highest BCUT2D eigenvalue weighted by Crippen LogP contribution is 2.26. The van der Waals surface area contributed by atoms with Crippen molar-refractivity contribution in [3.63, 3.8) is 0 Å². The van der Waals surface area contributed by atoms with Gasteiger partial charge in [0.15, 0.2) is 0 Å². The molecule has 33 heavy (non-hydrogen) atoms. The van der Waals surface area contributed by atoms with Crippen LogP contribution in [-0.2, 0) is 4.79 Å². The maximum atomic E-state index is 13.2. The summed E-state index contributed by atoms with van der Waals surface area (Å²) in [6, 6.07) is 8.59. The molecule has 1 aromatic carbocycles. The van der Waals surface area contributed by atoms with Gasteiger partial charge in [-0.25, -0.2) is 4.79 Å². The Labute approximate surface area is 203 Å². The van der Waals surface area contributed by atoms with Crippen LogP contribution in [0.4, 0.5) is 10.5 Å². The SMILES string of the molecule is O=CN(CCCC1CCCN(C(=O)N2CCN(c3cccc(Cl)c3)CC2)C1)C1CCCCC1. The van der Waals surface area contributed by atoms with E-state index in [0.717, 1.165) is 95.0 Å². The summed E-state index contributed by atoms with van der Waals surface area (Å²) < 4.78 is 0. The summed E-state index contributed by atoms with van der Waals surface area (Å²) in [6.07, 6.45) is 11.6. The molecule has 1 atom stereocenters. The number of carbonyl (C=O) groups is 2. The molecule has 2 heterocycles. The Morgan fingerprint density at radius 3 is 2.52 bits per heavy atom. The van der Waals surface area contributed by atoms with Crippen molar-refractivity contribution in [2.75, 3.05) is 50.7 Å². The number of halogens is 1. The second kappa shape index (κ2) is 12.0. The first kappa shape index (κ1) is 24.2. The molecular weight excluding hydrogens is 436 g/mol. The predicted molar refractivity (Wildman–Crippen MR) is 134 cm³/mol. The zero-order chi connectivity index (χ0) is 23.0. The molecular formula is C26H39ClN4O2. The molecule has 3 amide bonds. The van der Waals surface area contributed by atoms with E-state index in [0.29, 0.717) is 12.0 Å². The molecule has 2 saturated heterocycles. The van der Waals surface area contributed by atoms with Gasteiger partial charge in [-0.05, 0) is 62.6 Å². The molecule has 7 heteroatoms. The van der Waals surface area contributed by atoms with Crippen LogP contribution in [-0.4, -0.2) is 79.0 Å². The minimum Gasteiger partial charge on any atom is -0.368 e. The molecule has 1 aromatic rings. The lowest BCUT2D eigenvalue weighted by Crippen LogP contribution is -2.54. The molecule has 6 nitrogen and oxygen atoms in total. The van der Waals surface area contributed by atoms with Gasteiger partial charge < -0.3 is 19.6 Å². The zero-order valence-corrected chi connectivity index (χ0v) is 20.6. The lowest BCUT2D eigenvalue weighted by molar-refractivity contribution is -0.120. The molecule has 1 aliphatic carbocycles. The van der Waals surface area contributed by atoms with Gasteiger partial charge in [-0.15, -0.1) is 0 Å². The van der Waals surface area contributed by atoms with Crippen molar-refractivity contribution in [3.05, 3.63) is 29.3 Å². The molecule has 0 aromatic heterocycles. The Morgan fingerprint density at radius 2 is 1.79 bits per heavy atom. The number of rotatable bonds is 7. The third-order valence-corrected chi connectivity index (χ3v) is 7.96. The van der Waals surface area contributed by atoms with E-state index in [1.54, 1.807) is 0 Å². The first-order valence-corrected chi connectivity index (χ1v) is 13.3. The Morgan fingerprint density at radius 1 is 1.00 bits per heavy atom. The highest BCUT2D eigenvalue weighted by molar-refractivity contribution is 6.30. The molecule has 3 fully saturated rings. The van der Waals surface area contributed by atoms with Crippen LogP contribution in [0.2, 0.25) is 5.02 Å². The first-order chi connectivity index (χ1) is 16.1. The third-order valence-electron chi connectivity index (χ3n) is 7.72. The first-order valence-electron chi connectivity index (χ1n) is 12.9. The maximum absolute atomic E-state index is 13.2. The van der Waals surface area contributed by atoms with E-state index >= 15 is 0 Å². The van der Waals surface area contributed by atoms with E-state index in [9.17, 15) is 9.59 Å². The molecule has 1 saturated carbocycles. The highest BCUT2D eigenvalue weighted by atomic mass is 35.5. The van der Waals surface area contributed by atoms with Crippen molar-refractivity contribution in [3.8, 4) is 0 Å². The number of piperidine rings is 1. The average molecular weight is 475 g/mol. The van der Waals surface area contributed by atoms with Gasteiger partial charge >= 0.3 is 6.03 Å². The lowest BCUT2D eigenvalue weighted by atomic mass is 9.92. The fourth-order valence-electron chi connectivity index (χ4n) is 5.80. The monoisotopic (exact) mass is 474 g/mol. The maximum Gasteiger partial charge on any atom is 0.320 e. The topological polar surface area (TPSA) is 47.1 Å². The minimum absolute atomic E-state index is 0.196. The van der Waals surface area contributed by atoms with E-state index < -0.39 is 0 Å². The summed E-state index contributed by atoms with van der Waals surface area (Å²) >= 11 is 6.14. The second-order valence-corrected chi connectivity index (χ2v) is 10.4. The number of urea groups is 1. The van der Waals surface area contributed by atoms with Gasteiger partial charge in [0, 0.05) is 62.6 Å². The molecule has 4 rings (SSSR count). The highest BCUT2D eigenvalue weighted by Gasteiger charge is 2.29. The standard InChI is InChI=1S/C26H39ClN4O2/c27-23-9-4-12-25(19-23)28-15-17-29(18-16-28)26(33)30-13-5-7-22(20-30)8-6-14-31(21-32)24-10-2-1-3-11-24/h4,9,12,19,21-22,24H,1-3,5-8,10-11,13-18,20H2. The van der Waals surface area contributed by atoms with Crippen LogP contribution in [0.5, 0.6) is 0 Å². The molecule has 182 valence electrons. The average Bonchev–Trinajstić information content (AvgIpc) is 2.87. The molecule has 0 spiro atoms. The van der Waals surface area contributed by atoms with Crippen molar-refractivity contribution < 1.29 is 9.59 Å². The summed E-state index contributed by atoms with van der Waals surface area (Å²) in [6.45, 7) is 5.77. The molecule has 0 radical (unpaired) electrons. The van der Waals surface area contributed by atoms with Crippen molar-refractivity contribution in [2.45, 2.75) is 63.8 Å². The number of anilines is 1. The number of likely N-dealkylation sites (tertiary alicyclic amines) is 1. The number of hydrogen-bond acceptors (Lipinski definition) is 3. The van der Waals surface area contributed by atoms with Crippen LogP contribution < -0.4 is 4.90 Å². The van der Waals surface area contributed by atoms with Crippen LogP contribution in [0, 0.1) is 5.92 Å². The largest absolute Gasteiger partial charge is 0.368 e. The van der Waals surface area contributed by atoms with Gasteiger partial charge in [0.2, 0.25) is 6.41 Å². The normalized spacial score (nSPS) is 22.3. The molecule has 2 aliphatic heterocycles. The van der Waals surface area contributed by atoms with Gasteiger partial charge in [-0.3, -0.25) is 4.79 Å². The zero-order valence-electron chi connectivity index (χ0n) is 19.8. The Hall–Kier alpha value is -1.95. The van der Waals surface area contributed by atoms with Crippen LogP contribution in [0.3, 0.4) is 0 Å². The summed E-state index contributed by atoms with van der Waals surface area (Å²) in [4.78, 5) is 33.2.